The highest BCUT2D eigenvalue weighted by Gasteiger charge is 2.26. The number of hydrogen-bond donors (Lipinski definition) is 2. The minimum Gasteiger partial charge on any atom is -0.466 e. The molecule has 31 heavy (non-hydrogen) atoms. The number of carbonyl (C=O) groups excluding carboxylic acids is 4. The van der Waals surface area contributed by atoms with E-state index < -0.39 is 47.1 Å². The van der Waals surface area contributed by atoms with Gasteiger partial charge in [-0.05, 0) is 41.0 Å². The van der Waals surface area contributed by atoms with Gasteiger partial charge in [-0.2, -0.15) is 0 Å². The van der Waals surface area contributed by atoms with Gasteiger partial charge < -0.3 is 19.5 Å². The molecule has 1 atom stereocenters. The van der Waals surface area contributed by atoms with Crippen LogP contribution >= 0.6 is 0 Å². The van der Waals surface area contributed by atoms with Crippen LogP contribution in [-0.2, 0) is 23.8 Å². The standard InChI is InChI=1S/C20H28FN3O7/c1-6-29-15(25)9-8-14(18(27)30-7-2)24-17(26)16-13(21)10-12(11-22-16)23-19(28)31-20(3,4)5/h10-11,14H,6-9H2,1-5H3,(H,23,28)(H,24,26)/t14-/m0/s1. The largest absolute Gasteiger partial charge is 0.466 e. The minimum absolute atomic E-state index is 0.0208. The first kappa shape index (κ1) is 25.8. The molecule has 0 aliphatic carbocycles. The molecule has 1 aromatic heterocycles. The average molecular weight is 441 g/mol. The molecule has 2 amide bonds. The SMILES string of the molecule is CCOC(=O)CC[C@H](NC(=O)c1ncc(NC(=O)OC(C)(C)C)cc1F)C(=O)OCC. The molecule has 0 aromatic carbocycles. The summed E-state index contributed by atoms with van der Waals surface area (Å²) in [7, 11) is 0. The summed E-state index contributed by atoms with van der Waals surface area (Å²) in [5, 5.41) is 4.62. The number of halogens is 1. The molecule has 0 bridgehead atoms. The van der Waals surface area contributed by atoms with Crippen molar-refractivity contribution in [2.75, 3.05) is 18.5 Å². The number of pyridine rings is 1. The van der Waals surface area contributed by atoms with Crippen molar-refractivity contribution in [2.45, 2.75) is 59.1 Å². The van der Waals surface area contributed by atoms with E-state index in [0.29, 0.717) is 0 Å². The van der Waals surface area contributed by atoms with Crippen molar-refractivity contribution in [2.24, 2.45) is 0 Å². The molecule has 0 fully saturated rings. The van der Waals surface area contributed by atoms with Crippen LogP contribution in [0.4, 0.5) is 14.9 Å². The van der Waals surface area contributed by atoms with Crippen molar-refractivity contribution >= 4 is 29.6 Å². The van der Waals surface area contributed by atoms with Crippen LogP contribution in [0.3, 0.4) is 0 Å². The Morgan fingerprint density at radius 3 is 2.32 bits per heavy atom. The summed E-state index contributed by atoms with van der Waals surface area (Å²) in [6.45, 7) is 8.46. The molecule has 172 valence electrons. The Bertz CT molecular complexity index is 808. The first-order chi connectivity index (χ1) is 14.5. The van der Waals surface area contributed by atoms with Gasteiger partial charge in [-0.3, -0.25) is 14.9 Å². The van der Waals surface area contributed by atoms with Gasteiger partial charge in [0.05, 0.1) is 25.1 Å². The fraction of sp³-hybridized carbons (Fsp3) is 0.550. The van der Waals surface area contributed by atoms with Gasteiger partial charge in [-0.25, -0.2) is 19.0 Å². The molecule has 2 N–H and O–H groups in total. The zero-order chi connectivity index (χ0) is 23.6. The number of nitrogens with one attached hydrogen (secondary N) is 2. The summed E-state index contributed by atoms with van der Waals surface area (Å²) in [5.74, 6) is -3.33. The Balaban J connectivity index is 2.86. The van der Waals surface area contributed by atoms with Gasteiger partial charge in [-0.1, -0.05) is 0 Å². The molecule has 1 rings (SSSR count). The molecule has 1 aromatic rings. The van der Waals surface area contributed by atoms with Gasteiger partial charge in [0.2, 0.25) is 0 Å². The second-order valence-electron chi connectivity index (χ2n) is 7.30. The minimum atomic E-state index is -1.20. The van der Waals surface area contributed by atoms with Crippen molar-refractivity contribution in [3.8, 4) is 0 Å². The Hall–Kier alpha value is -3.24. The summed E-state index contributed by atoms with van der Waals surface area (Å²) in [6.07, 6.45) is 0.0161. The van der Waals surface area contributed by atoms with Gasteiger partial charge in [0, 0.05) is 12.5 Å². The highest BCUT2D eigenvalue weighted by atomic mass is 19.1. The van der Waals surface area contributed by atoms with Crippen molar-refractivity contribution in [3.05, 3.63) is 23.8 Å². The lowest BCUT2D eigenvalue weighted by Gasteiger charge is -2.19. The average Bonchev–Trinajstić information content (AvgIpc) is 2.63. The van der Waals surface area contributed by atoms with E-state index in [2.05, 4.69) is 15.6 Å². The fourth-order valence-corrected chi connectivity index (χ4v) is 2.31. The Labute approximate surface area is 179 Å². The maximum Gasteiger partial charge on any atom is 0.412 e. The lowest BCUT2D eigenvalue weighted by Crippen LogP contribution is -2.42. The Morgan fingerprint density at radius 1 is 1.13 bits per heavy atom. The first-order valence-electron chi connectivity index (χ1n) is 9.75. The number of ether oxygens (including phenoxy) is 3. The number of nitrogens with zero attached hydrogens (tertiary/aromatic N) is 1. The summed E-state index contributed by atoms with van der Waals surface area (Å²) in [4.78, 5) is 51.5. The molecule has 0 aliphatic rings. The molecular formula is C20H28FN3O7. The third-order valence-corrected chi connectivity index (χ3v) is 3.52. The van der Waals surface area contributed by atoms with E-state index in [4.69, 9.17) is 14.2 Å². The van der Waals surface area contributed by atoms with E-state index in [-0.39, 0.29) is 31.7 Å². The first-order valence-corrected chi connectivity index (χ1v) is 9.75. The normalized spacial score (nSPS) is 11.8. The van der Waals surface area contributed by atoms with E-state index in [9.17, 15) is 23.6 Å². The molecule has 10 nitrogen and oxygen atoms in total. The van der Waals surface area contributed by atoms with Crippen molar-refractivity contribution < 1.29 is 37.8 Å². The van der Waals surface area contributed by atoms with Crippen molar-refractivity contribution in [1.82, 2.24) is 10.3 Å². The molecule has 0 saturated heterocycles. The number of aromatic nitrogens is 1. The molecule has 1 heterocycles. The monoisotopic (exact) mass is 441 g/mol. The van der Waals surface area contributed by atoms with Crippen LogP contribution in [0, 0.1) is 5.82 Å². The zero-order valence-electron chi connectivity index (χ0n) is 18.2. The summed E-state index contributed by atoms with van der Waals surface area (Å²) >= 11 is 0. The number of rotatable bonds is 9. The van der Waals surface area contributed by atoms with Crippen LogP contribution in [-0.4, -0.2) is 53.8 Å². The molecule has 0 spiro atoms. The predicted octanol–water partition coefficient (Wildman–Crippen LogP) is 2.57. The van der Waals surface area contributed by atoms with Crippen LogP contribution in [0.2, 0.25) is 0 Å². The fourth-order valence-electron chi connectivity index (χ4n) is 2.31. The van der Waals surface area contributed by atoms with Gasteiger partial charge in [-0.15, -0.1) is 0 Å². The number of hydrogen-bond acceptors (Lipinski definition) is 8. The molecule has 0 saturated carbocycles. The summed E-state index contributed by atoms with van der Waals surface area (Å²) in [5.41, 5.74) is -1.37. The van der Waals surface area contributed by atoms with E-state index in [1.807, 2.05) is 0 Å². The lowest BCUT2D eigenvalue weighted by molar-refractivity contribution is -0.146. The van der Waals surface area contributed by atoms with Crippen molar-refractivity contribution in [3.63, 3.8) is 0 Å². The topological polar surface area (TPSA) is 133 Å². The van der Waals surface area contributed by atoms with Crippen LogP contribution in [0.25, 0.3) is 0 Å². The van der Waals surface area contributed by atoms with Crippen LogP contribution in [0.1, 0.15) is 57.9 Å². The van der Waals surface area contributed by atoms with Gasteiger partial charge in [0.15, 0.2) is 11.5 Å². The van der Waals surface area contributed by atoms with Gasteiger partial charge >= 0.3 is 18.0 Å². The molecule has 11 heteroatoms. The van der Waals surface area contributed by atoms with E-state index >= 15 is 0 Å². The third-order valence-electron chi connectivity index (χ3n) is 3.52. The second kappa shape index (κ2) is 11.8. The highest BCUT2D eigenvalue weighted by molar-refractivity contribution is 5.96. The summed E-state index contributed by atoms with van der Waals surface area (Å²) < 4.78 is 29.1. The predicted molar refractivity (Wildman–Crippen MR) is 108 cm³/mol. The highest BCUT2D eigenvalue weighted by Crippen LogP contribution is 2.15. The molecule has 0 aliphatic heterocycles. The van der Waals surface area contributed by atoms with Crippen LogP contribution in [0.5, 0.6) is 0 Å². The molecule has 0 unspecified atom stereocenters. The Morgan fingerprint density at radius 2 is 1.77 bits per heavy atom. The van der Waals surface area contributed by atoms with E-state index in [1.54, 1.807) is 34.6 Å². The Kier molecular flexibility index (Phi) is 9.84. The number of carbonyl (C=O) groups is 4. The lowest BCUT2D eigenvalue weighted by atomic mass is 10.1. The summed E-state index contributed by atoms with van der Waals surface area (Å²) in [6, 6.07) is -0.304. The van der Waals surface area contributed by atoms with Crippen LogP contribution < -0.4 is 10.6 Å². The van der Waals surface area contributed by atoms with E-state index in [0.717, 1.165) is 12.3 Å². The van der Waals surface area contributed by atoms with E-state index in [1.165, 1.54) is 0 Å². The quantitative estimate of drug-likeness (QED) is 0.441. The van der Waals surface area contributed by atoms with Gasteiger partial charge in [0.1, 0.15) is 11.6 Å². The molecular weight excluding hydrogens is 413 g/mol. The zero-order valence-corrected chi connectivity index (χ0v) is 18.2. The number of amides is 2. The van der Waals surface area contributed by atoms with Gasteiger partial charge in [0.25, 0.3) is 5.91 Å². The third kappa shape index (κ3) is 9.41. The van der Waals surface area contributed by atoms with Crippen molar-refractivity contribution in [1.29, 1.82) is 0 Å². The maximum absolute atomic E-state index is 14.4. The second-order valence-corrected chi connectivity index (χ2v) is 7.30. The number of anilines is 1. The molecule has 0 radical (unpaired) electrons. The maximum atomic E-state index is 14.4. The smallest absolute Gasteiger partial charge is 0.412 e. The van der Waals surface area contributed by atoms with Crippen LogP contribution in [0.15, 0.2) is 12.3 Å². The number of esters is 2.